The van der Waals surface area contributed by atoms with E-state index in [4.69, 9.17) is 9.47 Å². The fourth-order valence-corrected chi connectivity index (χ4v) is 4.08. The second kappa shape index (κ2) is 9.33. The number of hydrogen-bond acceptors (Lipinski definition) is 6. The average molecular weight is 411 g/mol. The van der Waals surface area contributed by atoms with Crippen LogP contribution >= 0.6 is 11.8 Å². The lowest BCUT2D eigenvalue weighted by Gasteiger charge is -2.28. The Balaban J connectivity index is 1.51. The van der Waals surface area contributed by atoms with Crippen LogP contribution in [0.1, 0.15) is 11.1 Å². The number of aryl methyl sites for hydroxylation is 2. The molecule has 3 aromatic rings. The minimum atomic E-state index is 0.614. The number of aromatic nitrogens is 3. The van der Waals surface area contributed by atoms with Crippen molar-refractivity contribution < 1.29 is 9.47 Å². The van der Waals surface area contributed by atoms with Crippen LogP contribution in [0, 0.1) is 13.8 Å². The summed E-state index contributed by atoms with van der Waals surface area (Å²) in [4.78, 5) is 2.24. The van der Waals surface area contributed by atoms with Gasteiger partial charge in [0.1, 0.15) is 5.75 Å². The molecule has 0 bridgehead atoms. The van der Waals surface area contributed by atoms with Gasteiger partial charge in [-0.25, -0.2) is 0 Å². The predicted octanol–water partition coefficient (Wildman–Crippen LogP) is 3.89. The molecular formula is C22H26N4O2S. The quantitative estimate of drug-likeness (QED) is 0.435. The normalized spacial score (nSPS) is 14.2. The first-order chi connectivity index (χ1) is 14.2. The highest BCUT2D eigenvalue weighted by molar-refractivity contribution is 7.99. The van der Waals surface area contributed by atoms with E-state index in [2.05, 4.69) is 63.8 Å². The molecule has 0 amide bonds. The third-order valence-corrected chi connectivity index (χ3v) is 5.73. The van der Waals surface area contributed by atoms with Crippen molar-refractivity contribution in [1.82, 2.24) is 14.8 Å². The summed E-state index contributed by atoms with van der Waals surface area (Å²) in [5.41, 5.74) is 3.44. The van der Waals surface area contributed by atoms with Gasteiger partial charge in [0.25, 0.3) is 0 Å². The van der Waals surface area contributed by atoms with E-state index in [1.165, 1.54) is 5.56 Å². The fraction of sp³-hybridized carbons (Fsp3) is 0.364. The lowest BCUT2D eigenvalue weighted by Crippen LogP contribution is -2.37. The van der Waals surface area contributed by atoms with Crippen LogP contribution in [0.4, 0.5) is 5.95 Å². The average Bonchev–Trinajstić information content (AvgIpc) is 3.17. The van der Waals surface area contributed by atoms with Crippen molar-refractivity contribution in [2.75, 3.05) is 43.6 Å². The van der Waals surface area contributed by atoms with Crippen LogP contribution in [0.15, 0.2) is 53.7 Å². The van der Waals surface area contributed by atoms with Gasteiger partial charge in [-0.2, -0.15) is 0 Å². The van der Waals surface area contributed by atoms with E-state index in [9.17, 15) is 0 Å². The number of nitrogens with zero attached hydrogens (tertiary/aromatic N) is 4. The van der Waals surface area contributed by atoms with Gasteiger partial charge in [0.15, 0.2) is 5.16 Å². The molecule has 1 fully saturated rings. The third-order valence-electron chi connectivity index (χ3n) is 4.84. The summed E-state index contributed by atoms with van der Waals surface area (Å²) in [6.07, 6.45) is 0. The number of thioether (sulfide) groups is 1. The molecule has 0 radical (unpaired) electrons. The van der Waals surface area contributed by atoms with Crippen LogP contribution in [0.5, 0.6) is 5.75 Å². The van der Waals surface area contributed by atoms with Gasteiger partial charge >= 0.3 is 0 Å². The number of para-hydroxylation sites is 1. The summed E-state index contributed by atoms with van der Waals surface area (Å²) >= 11 is 1.66. The van der Waals surface area contributed by atoms with E-state index in [1.54, 1.807) is 11.8 Å². The maximum absolute atomic E-state index is 5.94. The summed E-state index contributed by atoms with van der Waals surface area (Å²) in [5.74, 6) is 2.60. The number of hydrogen-bond donors (Lipinski definition) is 0. The molecule has 2 aromatic carbocycles. The second-order valence-electron chi connectivity index (χ2n) is 7.02. The van der Waals surface area contributed by atoms with Crippen molar-refractivity contribution in [2.45, 2.75) is 19.0 Å². The van der Waals surface area contributed by atoms with Crippen molar-refractivity contribution in [1.29, 1.82) is 0 Å². The van der Waals surface area contributed by atoms with Crippen molar-refractivity contribution in [3.05, 3.63) is 59.7 Å². The monoisotopic (exact) mass is 410 g/mol. The molecular weight excluding hydrogens is 384 g/mol. The van der Waals surface area contributed by atoms with Crippen LogP contribution in [0.25, 0.3) is 5.69 Å². The number of anilines is 1. The molecule has 1 aromatic heterocycles. The van der Waals surface area contributed by atoms with Crippen LogP contribution in [-0.2, 0) is 4.74 Å². The molecule has 2 heterocycles. The van der Waals surface area contributed by atoms with Gasteiger partial charge in [-0.3, -0.25) is 4.57 Å². The largest absolute Gasteiger partial charge is 0.492 e. The zero-order valence-corrected chi connectivity index (χ0v) is 17.7. The minimum absolute atomic E-state index is 0.614. The molecule has 1 saturated heterocycles. The highest BCUT2D eigenvalue weighted by Crippen LogP contribution is 2.28. The molecule has 7 heteroatoms. The van der Waals surface area contributed by atoms with Crippen molar-refractivity contribution in [3.8, 4) is 11.4 Å². The maximum atomic E-state index is 5.94. The van der Waals surface area contributed by atoms with E-state index in [1.807, 2.05) is 18.2 Å². The summed E-state index contributed by atoms with van der Waals surface area (Å²) in [7, 11) is 0. The summed E-state index contributed by atoms with van der Waals surface area (Å²) < 4.78 is 13.6. The molecule has 1 aliphatic rings. The molecule has 0 aliphatic carbocycles. The van der Waals surface area contributed by atoms with E-state index in [-0.39, 0.29) is 0 Å². The van der Waals surface area contributed by atoms with Crippen molar-refractivity contribution >= 4 is 17.7 Å². The number of ether oxygens (including phenoxy) is 2. The van der Waals surface area contributed by atoms with Gasteiger partial charge < -0.3 is 14.4 Å². The Labute approximate surface area is 175 Å². The van der Waals surface area contributed by atoms with Crippen LogP contribution < -0.4 is 9.64 Å². The first-order valence-electron chi connectivity index (χ1n) is 9.89. The Hall–Kier alpha value is -2.51. The summed E-state index contributed by atoms with van der Waals surface area (Å²) in [6.45, 7) is 7.86. The van der Waals surface area contributed by atoms with Crippen LogP contribution in [0.2, 0.25) is 0 Å². The molecule has 0 spiro atoms. The Morgan fingerprint density at radius 2 is 1.86 bits per heavy atom. The molecule has 0 unspecified atom stereocenters. The summed E-state index contributed by atoms with van der Waals surface area (Å²) in [5, 5.41) is 9.90. The standard InChI is InChI=1S/C22H26N4O2S/c1-17-6-5-8-19(16-17)26-21(25-10-12-27-13-11-25)23-24-22(26)29-15-14-28-20-9-4-3-7-18(20)2/h3-9,16H,10-15H2,1-2H3. The van der Waals surface area contributed by atoms with E-state index >= 15 is 0 Å². The molecule has 0 saturated carbocycles. The SMILES string of the molecule is Cc1cccc(-n2c(SCCOc3ccccc3C)nnc2N2CCOCC2)c1. The first-order valence-corrected chi connectivity index (χ1v) is 10.9. The van der Waals surface area contributed by atoms with Crippen LogP contribution in [0.3, 0.4) is 0 Å². The number of benzene rings is 2. The second-order valence-corrected chi connectivity index (χ2v) is 8.08. The molecule has 6 nitrogen and oxygen atoms in total. The number of rotatable bonds is 7. The fourth-order valence-electron chi connectivity index (χ4n) is 3.32. The molecule has 0 N–H and O–H groups in total. The minimum Gasteiger partial charge on any atom is -0.492 e. The van der Waals surface area contributed by atoms with E-state index in [0.717, 1.165) is 46.9 Å². The van der Waals surface area contributed by atoms with Gasteiger partial charge in [-0.15, -0.1) is 10.2 Å². The van der Waals surface area contributed by atoms with E-state index < -0.39 is 0 Å². The van der Waals surface area contributed by atoms with Gasteiger partial charge in [-0.05, 0) is 43.2 Å². The Kier molecular flexibility index (Phi) is 6.36. The number of morpholine rings is 1. The first kappa shape index (κ1) is 19.8. The molecule has 4 rings (SSSR count). The van der Waals surface area contributed by atoms with Crippen LogP contribution in [-0.4, -0.2) is 53.4 Å². The predicted molar refractivity (Wildman–Crippen MR) is 117 cm³/mol. The Bertz CT molecular complexity index is 953. The van der Waals surface area contributed by atoms with Gasteiger partial charge in [0, 0.05) is 18.8 Å². The van der Waals surface area contributed by atoms with Gasteiger partial charge in [0.05, 0.1) is 25.5 Å². The Morgan fingerprint density at radius 3 is 2.66 bits per heavy atom. The van der Waals surface area contributed by atoms with Crippen molar-refractivity contribution in [2.24, 2.45) is 0 Å². The lowest BCUT2D eigenvalue weighted by molar-refractivity contribution is 0.122. The third kappa shape index (κ3) is 4.74. The summed E-state index contributed by atoms with van der Waals surface area (Å²) in [6, 6.07) is 16.5. The zero-order valence-electron chi connectivity index (χ0n) is 16.9. The molecule has 0 atom stereocenters. The highest BCUT2D eigenvalue weighted by atomic mass is 32.2. The molecule has 29 heavy (non-hydrogen) atoms. The van der Waals surface area contributed by atoms with E-state index in [0.29, 0.717) is 19.8 Å². The molecule has 152 valence electrons. The smallest absolute Gasteiger partial charge is 0.232 e. The highest BCUT2D eigenvalue weighted by Gasteiger charge is 2.21. The lowest BCUT2D eigenvalue weighted by atomic mass is 10.2. The zero-order chi connectivity index (χ0) is 20.1. The van der Waals surface area contributed by atoms with Gasteiger partial charge in [-0.1, -0.05) is 42.1 Å². The molecule has 1 aliphatic heterocycles. The topological polar surface area (TPSA) is 52.4 Å². The van der Waals surface area contributed by atoms with Gasteiger partial charge in [0.2, 0.25) is 5.95 Å². The van der Waals surface area contributed by atoms with Crippen molar-refractivity contribution in [3.63, 3.8) is 0 Å². The maximum Gasteiger partial charge on any atom is 0.232 e. The Morgan fingerprint density at radius 1 is 1.03 bits per heavy atom.